The van der Waals surface area contributed by atoms with Crippen molar-refractivity contribution >= 4 is 29.3 Å². The second kappa shape index (κ2) is 13.0. The predicted molar refractivity (Wildman–Crippen MR) is 156 cm³/mol. The zero-order valence-corrected chi connectivity index (χ0v) is 24.4. The number of rotatable bonds is 9. The highest BCUT2D eigenvalue weighted by molar-refractivity contribution is 6.04. The molecule has 224 valence electrons. The van der Waals surface area contributed by atoms with Crippen LogP contribution in [0.1, 0.15) is 51.6 Å². The SMILES string of the molecule is Cc1noc(C)c1NC(=O)Nc1cccc2c1O[C@@H](CN(C)Cc1ccc(C(=O)O)cc1)[C@H](C)CN([C@@H](C)CO)C2=O. The Morgan fingerprint density at radius 3 is 2.50 bits per heavy atom. The van der Waals surface area contributed by atoms with E-state index in [9.17, 15) is 24.6 Å². The van der Waals surface area contributed by atoms with Crippen LogP contribution >= 0.6 is 0 Å². The Bertz CT molecular complexity index is 1420. The van der Waals surface area contributed by atoms with Crippen LogP contribution < -0.4 is 15.4 Å². The number of likely N-dealkylation sites (N-methyl/N-ethyl adjacent to an activating group) is 1. The number of nitrogens with one attached hydrogen (secondary N) is 2. The fraction of sp³-hybridized carbons (Fsp3) is 0.400. The van der Waals surface area contributed by atoms with Gasteiger partial charge in [0.15, 0.2) is 11.5 Å². The Kier molecular flexibility index (Phi) is 9.48. The minimum Gasteiger partial charge on any atom is -0.486 e. The van der Waals surface area contributed by atoms with E-state index in [0.29, 0.717) is 42.5 Å². The summed E-state index contributed by atoms with van der Waals surface area (Å²) in [6.45, 7) is 8.33. The third kappa shape index (κ3) is 6.89. The molecule has 2 aromatic carbocycles. The number of anilines is 2. The zero-order valence-electron chi connectivity index (χ0n) is 24.4. The van der Waals surface area contributed by atoms with Crippen molar-refractivity contribution in [3.8, 4) is 5.75 Å². The number of hydrogen-bond acceptors (Lipinski definition) is 8. The molecule has 0 saturated heterocycles. The molecular formula is C30H37N5O7. The second-order valence-corrected chi connectivity index (χ2v) is 10.8. The fourth-order valence-electron chi connectivity index (χ4n) is 4.92. The van der Waals surface area contributed by atoms with Gasteiger partial charge in [0, 0.05) is 25.6 Å². The van der Waals surface area contributed by atoms with Gasteiger partial charge in [0.25, 0.3) is 5.91 Å². The summed E-state index contributed by atoms with van der Waals surface area (Å²) >= 11 is 0. The highest BCUT2D eigenvalue weighted by Crippen LogP contribution is 2.35. The average molecular weight is 580 g/mol. The van der Waals surface area contributed by atoms with Gasteiger partial charge in [-0.15, -0.1) is 0 Å². The van der Waals surface area contributed by atoms with Gasteiger partial charge < -0.3 is 35.0 Å². The molecule has 1 aliphatic heterocycles. The maximum Gasteiger partial charge on any atom is 0.335 e. The Morgan fingerprint density at radius 2 is 1.88 bits per heavy atom. The number of benzene rings is 2. The summed E-state index contributed by atoms with van der Waals surface area (Å²) in [5, 5.41) is 28.5. The number of carboxylic acids is 1. The summed E-state index contributed by atoms with van der Waals surface area (Å²) in [7, 11) is 1.93. The number of aliphatic hydroxyl groups excluding tert-OH is 1. The first-order chi connectivity index (χ1) is 20.0. The molecule has 1 aromatic heterocycles. The Morgan fingerprint density at radius 1 is 1.17 bits per heavy atom. The van der Waals surface area contributed by atoms with Crippen molar-refractivity contribution in [1.29, 1.82) is 0 Å². The van der Waals surface area contributed by atoms with Crippen LogP contribution in [0.15, 0.2) is 47.0 Å². The molecule has 2 heterocycles. The van der Waals surface area contributed by atoms with E-state index in [0.717, 1.165) is 5.56 Å². The number of carboxylic acid groups (broad SMARTS) is 1. The Balaban J connectivity index is 1.62. The molecule has 0 bridgehead atoms. The van der Waals surface area contributed by atoms with Crippen molar-refractivity contribution < 1.29 is 33.9 Å². The number of urea groups is 1. The molecule has 1 aliphatic rings. The van der Waals surface area contributed by atoms with E-state index >= 15 is 0 Å². The number of aromatic carboxylic acids is 1. The summed E-state index contributed by atoms with van der Waals surface area (Å²) in [6, 6.07) is 10.7. The molecule has 0 spiro atoms. The normalized spacial score (nSPS) is 17.6. The lowest BCUT2D eigenvalue weighted by atomic mass is 9.98. The first kappa shape index (κ1) is 30.5. The van der Waals surface area contributed by atoms with Crippen LogP contribution in [-0.4, -0.2) is 82.0 Å². The molecule has 0 radical (unpaired) electrons. The molecule has 4 N–H and O–H groups in total. The highest BCUT2D eigenvalue weighted by Gasteiger charge is 2.34. The van der Waals surface area contributed by atoms with Crippen molar-refractivity contribution in [2.45, 2.75) is 46.4 Å². The van der Waals surface area contributed by atoms with Crippen LogP contribution in [0.4, 0.5) is 16.2 Å². The van der Waals surface area contributed by atoms with E-state index in [-0.39, 0.29) is 35.3 Å². The van der Waals surface area contributed by atoms with Crippen LogP contribution in [-0.2, 0) is 6.54 Å². The molecule has 3 amide bonds. The van der Waals surface area contributed by atoms with Crippen molar-refractivity contribution in [3.05, 3.63) is 70.6 Å². The molecule has 3 aromatic rings. The molecule has 0 unspecified atom stereocenters. The summed E-state index contributed by atoms with van der Waals surface area (Å²) in [6.07, 6.45) is -0.401. The number of carbonyl (C=O) groups is 3. The van der Waals surface area contributed by atoms with Crippen LogP contribution in [0.3, 0.4) is 0 Å². The van der Waals surface area contributed by atoms with Crippen molar-refractivity contribution in [2.75, 3.05) is 37.4 Å². The molecule has 12 heteroatoms. The van der Waals surface area contributed by atoms with Crippen molar-refractivity contribution in [1.82, 2.24) is 15.0 Å². The average Bonchev–Trinajstić information content (AvgIpc) is 3.27. The number of amides is 3. The third-order valence-corrected chi connectivity index (χ3v) is 7.36. The van der Waals surface area contributed by atoms with E-state index < -0.39 is 24.1 Å². The second-order valence-electron chi connectivity index (χ2n) is 10.8. The molecule has 0 saturated carbocycles. The summed E-state index contributed by atoms with van der Waals surface area (Å²) in [5.41, 5.74) is 2.72. The number of nitrogens with zero attached hydrogens (tertiary/aromatic N) is 3. The minimum atomic E-state index is -0.980. The quantitative estimate of drug-likeness (QED) is 0.294. The van der Waals surface area contributed by atoms with E-state index in [1.807, 2.05) is 14.0 Å². The number of carbonyl (C=O) groups excluding carboxylic acids is 2. The number of aryl methyl sites for hydroxylation is 2. The predicted octanol–water partition coefficient (Wildman–Crippen LogP) is 3.99. The van der Waals surface area contributed by atoms with Gasteiger partial charge in [-0.3, -0.25) is 9.69 Å². The van der Waals surface area contributed by atoms with E-state index in [2.05, 4.69) is 20.7 Å². The number of fused-ring (bicyclic) bond motifs is 1. The lowest BCUT2D eigenvalue weighted by Crippen LogP contribution is -2.49. The van der Waals surface area contributed by atoms with Gasteiger partial charge in [-0.2, -0.15) is 0 Å². The smallest absolute Gasteiger partial charge is 0.335 e. The summed E-state index contributed by atoms with van der Waals surface area (Å²) in [4.78, 5) is 41.6. The first-order valence-corrected chi connectivity index (χ1v) is 13.7. The summed E-state index contributed by atoms with van der Waals surface area (Å²) < 4.78 is 11.7. The monoisotopic (exact) mass is 579 g/mol. The zero-order chi connectivity index (χ0) is 30.6. The van der Waals surface area contributed by atoms with Gasteiger partial charge in [0.05, 0.1) is 29.5 Å². The van der Waals surface area contributed by atoms with E-state index in [1.165, 1.54) is 0 Å². The molecule has 42 heavy (non-hydrogen) atoms. The fourth-order valence-corrected chi connectivity index (χ4v) is 4.92. The van der Waals surface area contributed by atoms with Gasteiger partial charge in [-0.05, 0) is 57.6 Å². The Hall–Kier alpha value is -4.42. The lowest BCUT2D eigenvalue weighted by molar-refractivity contribution is 0.0343. The maximum absolute atomic E-state index is 13.7. The molecule has 3 atom stereocenters. The van der Waals surface area contributed by atoms with Crippen LogP contribution in [0, 0.1) is 19.8 Å². The number of ether oxygens (including phenoxy) is 1. The van der Waals surface area contributed by atoms with Crippen molar-refractivity contribution in [2.24, 2.45) is 5.92 Å². The number of hydrogen-bond donors (Lipinski definition) is 4. The van der Waals surface area contributed by atoms with Gasteiger partial charge in [0.2, 0.25) is 0 Å². The summed E-state index contributed by atoms with van der Waals surface area (Å²) in [5.74, 6) is -0.732. The molecule has 4 rings (SSSR count). The molecule has 0 aliphatic carbocycles. The van der Waals surface area contributed by atoms with Crippen LogP contribution in [0.2, 0.25) is 0 Å². The third-order valence-electron chi connectivity index (χ3n) is 7.36. The van der Waals surface area contributed by atoms with Crippen LogP contribution in [0.25, 0.3) is 0 Å². The molecule has 0 fully saturated rings. The maximum atomic E-state index is 13.7. The van der Waals surface area contributed by atoms with E-state index in [4.69, 9.17) is 9.26 Å². The number of aromatic nitrogens is 1. The first-order valence-electron chi connectivity index (χ1n) is 13.7. The van der Waals surface area contributed by atoms with Gasteiger partial charge in [0.1, 0.15) is 17.5 Å². The largest absolute Gasteiger partial charge is 0.486 e. The van der Waals surface area contributed by atoms with Crippen molar-refractivity contribution in [3.63, 3.8) is 0 Å². The Labute approximate surface area is 244 Å². The van der Waals surface area contributed by atoms with Gasteiger partial charge >= 0.3 is 12.0 Å². The minimum absolute atomic E-state index is 0.142. The standard InChI is InChI=1S/C30H37N5O7/c1-17-13-35(18(2)16-36)28(37)23-7-6-8-24(31-30(40)32-26-19(3)33-42-20(26)4)27(23)41-25(17)15-34(5)14-21-9-11-22(12-10-21)29(38)39/h6-12,17-18,25,36H,13-16H2,1-5H3,(H,38,39)(H2,31,32,40)/t17-,18+,25+/m1/s1. The molecule has 12 nitrogen and oxygen atoms in total. The van der Waals surface area contributed by atoms with E-state index in [1.54, 1.807) is 68.1 Å². The molecular weight excluding hydrogens is 542 g/mol. The van der Waals surface area contributed by atoms with Gasteiger partial charge in [-0.1, -0.05) is 30.3 Å². The lowest BCUT2D eigenvalue weighted by Gasteiger charge is -2.38. The number of para-hydroxylation sites is 1. The van der Waals surface area contributed by atoms with Crippen LogP contribution in [0.5, 0.6) is 5.75 Å². The number of aliphatic hydroxyl groups is 1. The van der Waals surface area contributed by atoms with Gasteiger partial charge in [-0.25, -0.2) is 9.59 Å². The highest BCUT2D eigenvalue weighted by atomic mass is 16.5. The topological polar surface area (TPSA) is 157 Å².